The molecule has 1 aliphatic carbocycles. The second-order valence-electron chi connectivity index (χ2n) is 9.17. The molecule has 3 unspecified atom stereocenters. The molecule has 3 atom stereocenters. The van der Waals surface area contributed by atoms with E-state index in [2.05, 4.69) is 34.9 Å². The third-order valence-electron chi connectivity index (χ3n) is 6.64. The monoisotopic (exact) mass is 466 g/mol. The van der Waals surface area contributed by atoms with E-state index in [4.69, 9.17) is 9.84 Å². The van der Waals surface area contributed by atoms with Gasteiger partial charge in [-0.1, -0.05) is 55.5 Å². The Balaban J connectivity index is 1.37. The molecule has 3 rings (SSSR count). The van der Waals surface area contributed by atoms with E-state index in [0.29, 0.717) is 19.4 Å². The van der Waals surface area contributed by atoms with Gasteiger partial charge in [0.05, 0.1) is 5.92 Å². The second-order valence-corrected chi connectivity index (χ2v) is 9.17. The number of rotatable bonds is 11. The van der Waals surface area contributed by atoms with Gasteiger partial charge in [0.25, 0.3) is 0 Å². The van der Waals surface area contributed by atoms with Crippen molar-refractivity contribution in [3.63, 3.8) is 0 Å². The lowest BCUT2D eigenvalue weighted by molar-refractivity contribution is -0.142. The lowest BCUT2D eigenvalue weighted by atomic mass is 9.98. The fraction of sp³-hybridized carbons (Fsp3) is 0.444. The highest BCUT2D eigenvalue weighted by Crippen LogP contribution is 2.44. The van der Waals surface area contributed by atoms with E-state index in [0.717, 1.165) is 6.42 Å². The minimum atomic E-state index is -0.930. The lowest BCUT2D eigenvalue weighted by Gasteiger charge is -2.18. The second kappa shape index (κ2) is 11.7. The van der Waals surface area contributed by atoms with E-state index in [1.54, 1.807) is 13.8 Å². The normalized spacial score (nSPS) is 14.9. The molecule has 0 fully saturated rings. The highest BCUT2D eigenvalue weighted by molar-refractivity contribution is 5.79. The number of benzene rings is 2. The molecule has 3 N–H and O–H groups in total. The predicted molar refractivity (Wildman–Crippen MR) is 130 cm³/mol. The smallest absolute Gasteiger partial charge is 0.407 e. The number of aliphatic carboxylic acids is 1. The van der Waals surface area contributed by atoms with Crippen LogP contribution in [-0.4, -0.2) is 42.3 Å². The van der Waals surface area contributed by atoms with Crippen molar-refractivity contribution in [1.29, 1.82) is 0 Å². The molecule has 0 bridgehead atoms. The van der Waals surface area contributed by atoms with Crippen molar-refractivity contribution in [2.45, 2.75) is 52.0 Å². The van der Waals surface area contributed by atoms with Crippen LogP contribution >= 0.6 is 0 Å². The quantitative estimate of drug-likeness (QED) is 0.450. The van der Waals surface area contributed by atoms with Crippen LogP contribution in [0.15, 0.2) is 48.5 Å². The first-order valence-electron chi connectivity index (χ1n) is 11.9. The summed E-state index contributed by atoms with van der Waals surface area (Å²) in [6, 6.07) is 16.0. The van der Waals surface area contributed by atoms with Gasteiger partial charge in [-0.15, -0.1) is 0 Å². The van der Waals surface area contributed by atoms with E-state index < -0.39 is 24.0 Å². The van der Waals surface area contributed by atoms with E-state index in [-0.39, 0.29) is 24.3 Å². The lowest BCUT2D eigenvalue weighted by Crippen LogP contribution is -2.40. The average molecular weight is 467 g/mol. The summed E-state index contributed by atoms with van der Waals surface area (Å²) < 4.78 is 5.54. The van der Waals surface area contributed by atoms with E-state index in [1.165, 1.54) is 22.3 Å². The first-order chi connectivity index (χ1) is 16.3. The first-order valence-corrected chi connectivity index (χ1v) is 11.9. The molecule has 7 heteroatoms. The van der Waals surface area contributed by atoms with Crippen LogP contribution in [0.2, 0.25) is 0 Å². The number of carboxylic acids is 1. The number of carboxylic acid groups (broad SMARTS) is 1. The van der Waals surface area contributed by atoms with E-state index in [1.807, 2.05) is 31.2 Å². The number of carbonyl (C=O) groups is 3. The largest absolute Gasteiger partial charge is 0.481 e. The van der Waals surface area contributed by atoms with Crippen molar-refractivity contribution in [1.82, 2.24) is 10.6 Å². The minimum Gasteiger partial charge on any atom is -0.481 e. The van der Waals surface area contributed by atoms with Crippen molar-refractivity contribution in [2.75, 3.05) is 13.2 Å². The molecule has 0 spiro atoms. The molecular formula is C27H34N2O5. The van der Waals surface area contributed by atoms with Gasteiger partial charge in [-0.2, -0.15) is 0 Å². The molecule has 0 aromatic heterocycles. The van der Waals surface area contributed by atoms with Crippen LogP contribution in [0.5, 0.6) is 0 Å². The Kier molecular flexibility index (Phi) is 8.68. The van der Waals surface area contributed by atoms with Crippen LogP contribution in [0.1, 0.15) is 57.1 Å². The predicted octanol–water partition coefficient (Wildman–Crippen LogP) is 4.56. The number of alkyl carbamates (subject to hydrolysis) is 1. The molecule has 0 saturated heterocycles. The summed E-state index contributed by atoms with van der Waals surface area (Å²) >= 11 is 0. The van der Waals surface area contributed by atoms with Crippen LogP contribution in [0.3, 0.4) is 0 Å². The van der Waals surface area contributed by atoms with Crippen molar-refractivity contribution >= 4 is 18.0 Å². The molecule has 2 aromatic rings. The number of ether oxygens (including phenoxy) is 1. The fourth-order valence-corrected chi connectivity index (χ4v) is 4.26. The Hall–Kier alpha value is -3.35. The molecule has 0 aliphatic heterocycles. The van der Waals surface area contributed by atoms with Crippen LogP contribution in [0.4, 0.5) is 4.79 Å². The summed E-state index contributed by atoms with van der Waals surface area (Å²) in [4.78, 5) is 35.3. The van der Waals surface area contributed by atoms with Crippen LogP contribution < -0.4 is 10.6 Å². The van der Waals surface area contributed by atoms with Crippen molar-refractivity contribution < 1.29 is 24.2 Å². The molecule has 34 heavy (non-hydrogen) atoms. The maximum Gasteiger partial charge on any atom is 0.407 e. The van der Waals surface area contributed by atoms with E-state index in [9.17, 15) is 14.4 Å². The van der Waals surface area contributed by atoms with Crippen molar-refractivity contribution in [3.05, 3.63) is 59.7 Å². The molecule has 0 radical (unpaired) electrons. The summed E-state index contributed by atoms with van der Waals surface area (Å²) in [5, 5.41) is 14.6. The molecule has 1 aliphatic rings. The number of carbonyl (C=O) groups excluding carboxylic acids is 2. The zero-order valence-corrected chi connectivity index (χ0v) is 20.0. The van der Waals surface area contributed by atoms with Gasteiger partial charge in [0.2, 0.25) is 5.91 Å². The van der Waals surface area contributed by atoms with Crippen molar-refractivity contribution in [3.8, 4) is 11.1 Å². The molecular weight excluding hydrogens is 432 g/mol. The molecule has 2 amide bonds. The Morgan fingerprint density at radius 2 is 1.53 bits per heavy atom. The highest BCUT2D eigenvalue weighted by atomic mass is 16.5. The van der Waals surface area contributed by atoms with Gasteiger partial charge < -0.3 is 20.5 Å². The molecule has 182 valence electrons. The summed E-state index contributed by atoms with van der Waals surface area (Å²) in [5.74, 6) is -1.46. The highest BCUT2D eigenvalue weighted by Gasteiger charge is 2.29. The minimum absolute atomic E-state index is 0.0295. The number of fused-ring (bicyclic) bond motifs is 3. The Morgan fingerprint density at radius 1 is 0.941 bits per heavy atom. The van der Waals surface area contributed by atoms with Gasteiger partial charge in [-0.3, -0.25) is 9.59 Å². The van der Waals surface area contributed by atoms with Gasteiger partial charge in [0, 0.05) is 24.9 Å². The van der Waals surface area contributed by atoms with E-state index >= 15 is 0 Å². The van der Waals surface area contributed by atoms with Crippen LogP contribution in [0.25, 0.3) is 11.1 Å². The van der Waals surface area contributed by atoms with Gasteiger partial charge in [-0.25, -0.2) is 4.79 Å². The molecule has 0 heterocycles. The van der Waals surface area contributed by atoms with Gasteiger partial charge in [-0.05, 0) is 54.9 Å². The van der Waals surface area contributed by atoms with Gasteiger partial charge in [0.1, 0.15) is 6.61 Å². The van der Waals surface area contributed by atoms with Crippen molar-refractivity contribution in [2.24, 2.45) is 11.8 Å². The maximum absolute atomic E-state index is 12.3. The SMILES string of the molecule is CC(CCNC(=O)OCC1c2ccccc2-c2ccccc21)CCC(=O)NC(C)C(C)C(=O)O. The Labute approximate surface area is 200 Å². The number of hydrogen-bond donors (Lipinski definition) is 3. The summed E-state index contributed by atoms with van der Waals surface area (Å²) in [6.45, 7) is 6.04. The Bertz CT molecular complexity index is 976. The molecule has 7 nitrogen and oxygen atoms in total. The average Bonchev–Trinajstić information content (AvgIpc) is 3.14. The third-order valence-corrected chi connectivity index (χ3v) is 6.64. The van der Waals surface area contributed by atoms with Gasteiger partial charge in [0.15, 0.2) is 0 Å². The first kappa shape index (κ1) is 25.3. The molecule has 2 aromatic carbocycles. The zero-order valence-electron chi connectivity index (χ0n) is 20.0. The fourth-order valence-electron chi connectivity index (χ4n) is 4.26. The number of amides is 2. The number of hydrogen-bond acceptors (Lipinski definition) is 4. The summed E-state index contributed by atoms with van der Waals surface area (Å²) in [6.07, 6.45) is 1.26. The maximum atomic E-state index is 12.3. The van der Waals surface area contributed by atoms with Crippen LogP contribution in [-0.2, 0) is 14.3 Å². The molecule has 0 saturated carbocycles. The summed E-state index contributed by atoms with van der Waals surface area (Å²) in [7, 11) is 0. The Morgan fingerprint density at radius 3 is 2.12 bits per heavy atom. The number of nitrogens with one attached hydrogen (secondary N) is 2. The zero-order chi connectivity index (χ0) is 24.7. The topological polar surface area (TPSA) is 105 Å². The third kappa shape index (κ3) is 6.37. The van der Waals surface area contributed by atoms with Gasteiger partial charge >= 0.3 is 12.1 Å². The van der Waals surface area contributed by atoms with Crippen LogP contribution in [0, 0.1) is 11.8 Å². The summed E-state index contributed by atoms with van der Waals surface area (Å²) in [5.41, 5.74) is 4.74. The standard InChI is InChI=1S/C27H34N2O5/c1-17(12-13-25(30)29-19(3)18(2)26(31)32)14-15-28-27(33)34-16-24-22-10-6-4-8-20(22)21-9-5-7-11-23(21)24/h4-11,17-19,24H,12-16H2,1-3H3,(H,28,33)(H,29,30)(H,31,32).